The van der Waals surface area contributed by atoms with Gasteiger partial charge in [-0.15, -0.1) is 11.3 Å². The lowest BCUT2D eigenvalue weighted by atomic mass is 10.0. The normalized spacial score (nSPS) is 18.2. The Hall–Kier alpha value is -1.14. The number of thiocarbonyl (C=S) groups is 1. The molecule has 0 bridgehead atoms. The highest BCUT2D eigenvalue weighted by molar-refractivity contribution is 7.80. The number of rotatable bonds is 3. The number of carbonyl (C=O) groups excluding carboxylic acids is 1. The topological polar surface area (TPSA) is 41.6 Å². The van der Waals surface area contributed by atoms with Crippen LogP contribution in [0.4, 0.5) is 5.00 Å². The fraction of sp³-hybridized carbons (Fsp3) is 0.625. The first kappa shape index (κ1) is 17.2. The first-order valence-corrected chi connectivity index (χ1v) is 8.96. The molecular formula is C16H24N2O2S2. The molecule has 1 atom stereocenters. The molecule has 1 N–H and O–H groups in total. The molecule has 1 aliphatic heterocycles. The van der Waals surface area contributed by atoms with Crippen molar-refractivity contribution in [3.8, 4) is 0 Å². The molecule has 0 aromatic carbocycles. The largest absolute Gasteiger partial charge is 0.465 e. The number of nitrogens with one attached hydrogen (secondary N) is 1. The Balaban J connectivity index is 2.21. The van der Waals surface area contributed by atoms with Gasteiger partial charge in [0.25, 0.3) is 0 Å². The van der Waals surface area contributed by atoms with E-state index in [-0.39, 0.29) is 5.97 Å². The fourth-order valence-corrected chi connectivity index (χ4v) is 4.43. The van der Waals surface area contributed by atoms with Crippen molar-refractivity contribution in [2.45, 2.75) is 40.0 Å². The number of piperidine rings is 1. The third-order valence-electron chi connectivity index (χ3n) is 4.12. The van der Waals surface area contributed by atoms with Gasteiger partial charge in [-0.05, 0) is 49.9 Å². The maximum absolute atomic E-state index is 12.1. The molecule has 22 heavy (non-hydrogen) atoms. The summed E-state index contributed by atoms with van der Waals surface area (Å²) < 4.78 is 4.95. The lowest BCUT2D eigenvalue weighted by Gasteiger charge is -2.33. The second-order valence-electron chi connectivity index (χ2n) is 5.81. The van der Waals surface area contributed by atoms with Crippen LogP contribution in [0.5, 0.6) is 0 Å². The highest BCUT2D eigenvalue weighted by Crippen LogP contribution is 2.34. The lowest BCUT2D eigenvalue weighted by Crippen LogP contribution is -2.41. The van der Waals surface area contributed by atoms with Gasteiger partial charge in [-0.3, -0.25) is 0 Å². The standard InChI is InChI=1S/C16H24N2O2S2/c1-5-12-11(3)22-14(13(12)15(19)20-4)17-16(21)18-8-6-7-10(2)9-18/h10H,5-9H2,1-4H3,(H,17,21). The molecular weight excluding hydrogens is 316 g/mol. The number of thiophene rings is 1. The zero-order valence-corrected chi connectivity index (χ0v) is 15.3. The number of methoxy groups -OCH3 is 1. The number of hydrogen-bond acceptors (Lipinski definition) is 4. The van der Waals surface area contributed by atoms with Crippen LogP contribution in [0.3, 0.4) is 0 Å². The summed E-state index contributed by atoms with van der Waals surface area (Å²) in [7, 11) is 1.42. The van der Waals surface area contributed by atoms with Crippen LogP contribution < -0.4 is 5.32 Å². The maximum Gasteiger partial charge on any atom is 0.341 e. The van der Waals surface area contributed by atoms with Gasteiger partial charge in [0.1, 0.15) is 5.00 Å². The van der Waals surface area contributed by atoms with Crippen molar-refractivity contribution in [2.24, 2.45) is 5.92 Å². The van der Waals surface area contributed by atoms with Gasteiger partial charge in [-0.1, -0.05) is 13.8 Å². The van der Waals surface area contributed by atoms with E-state index in [0.717, 1.165) is 41.4 Å². The van der Waals surface area contributed by atoms with E-state index in [1.807, 2.05) is 6.92 Å². The highest BCUT2D eigenvalue weighted by Gasteiger charge is 2.24. The summed E-state index contributed by atoms with van der Waals surface area (Å²) in [5.41, 5.74) is 1.69. The Kier molecular flexibility index (Phi) is 5.81. The van der Waals surface area contributed by atoms with E-state index >= 15 is 0 Å². The van der Waals surface area contributed by atoms with Gasteiger partial charge in [0.2, 0.25) is 0 Å². The van der Waals surface area contributed by atoms with Crippen molar-refractivity contribution in [1.82, 2.24) is 4.90 Å². The van der Waals surface area contributed by atoms with Crippen LogP contribution >= 0.6 is 23.6 Å². The number of carbonyl (C=O) groups is 1. The molecule has 0 aliphatic carbocycles. The predicted octanol–water partition coefficient (Wildman–Crippen LogP) is 3.83. The Morgan fingerprint density at radius 3 is 2.86 bits per heavy atom. The minimum atomic E-state index is -0.293. The second kappa shape index (κ2) is 7.42. The van der Waals surface area contributed by atoms with Crippen molar-refractivity contribution in [3.63, 3.8) is 0 Å². The minimum absolute atomic E-state index is 0.293. The predicted molar refractivity (Wildman–Crippen MR) is 96.0 cm³/mol. The van der Waals surface area contributed by atoms with Gasteiger partial charge in [0, 0.05) is 18.0 Å². The lowest BCUT2D eigenvalue weighted by molar-refractivity contribution is 0.0601. The number of likely N-dealkylation sites (tertiary alicyclic amines) is 1. The molecule has 6 heteroatoms. The van der Waals surface area contributed by atoms with Crippen LogP contribution in [0.2, 0.25) is 0 Å². The fourth-order valence-electron chi connectivity index (χ4n) is 2.96. The number of esters is 1. The molecule has 2 rings (SSSR count). The molecule has 1 aromatic heterocycles. The maximum atomic E-state index is 12.1. The Bertz CT molecular complexity index is 569. The van der Waals surface area contributed by atoms with Crippen LogP contribution in [0.15, 0.2) is 0 Å². The number of anilines is 1. The van der Waals surface area contributed by atoms with Gasteiger partial charge >= 0.3 is 5.97 Å². The molecule has 1 aliphatic rings. The molecule has 2 heterocycles. The first-order valence-electron chi connectivity index (χ1n) is 7.74. The van der Waals surface area contributed by atoms with E-state index in [2.05, 4.69) is 24.1 Å². The van der Waals surface area contributed by atoms with Crippen LogP contribution in [0.1, 0.15) is 47.5 Å². The summed E-state index contributed by atoms with van der Waals surface area (Å²) >= 11 is 7.13. The Morgan fingerprint density at radius 1 is 1.55 bits per heavy atom. The van der Waals surface area contributed by atoms with Crippen LogP contribution in [0.25, 0.3) is 0 Å². The van der Waals surface area contributed by atoms with Crippen LogP contribution in [-0.2, 0) is 11.2 Å². The summed E-state index contributed by atoms with van der Waals surface area (Å²) in [5, 5.41) is 4.81. The summed E-state index contributed by atoms with van der Waals surface area (Å²) in [4.78, 5) is 15.5. The van der Waals surface area contributed by atoms with Gasteiger partial charge in [0.15, 0.2) is 5.11 Å². The number of nitrogens with zero attached hydrogens (tertiary/aromatic N) is 1. The van der Waals surface area contributed by atoms with Gasteiger partial charge in [0.05, 0.1) is 12.7 Å². The van der Waals surface area contributed by atoms with Crippen molar-refractivity contribution < 1.29 is 9.53 Å². The monoisotopic (exact) mass is 340 g/mol. The zero-order chi connectivity index (χ0) is 16.3. The molecule has 4 nitrogen and oxygen atoms in total. The van der Waals surface area contributed by atoms with E-state index in [9.17, 15) is 4.79 Å². The van der Waals surface area contributed by atoms with Crippen LogP contribution in [-0.4, -0.2) is 36.2 Å². The SMILES string of the molecule is CCc1c(C)sc(NC(=S)N2CCCC(C)C2)c1C(=O)OC. The molecule has 0 amide bonds. The van der Waals surface area contributed by atoms with E-state index in [0.29, 0.717) is 16.6 Å². The molecule has 1 unspecified atom stereocenters. The molecule has 0 saturated carbocycles. The van der Waals surface area contributed by atoms with Crippen molar-refractivity contribution in [1.29, 1.82) is 0 Å². The summed E-state index contributed by atoms with van der Waals surface area (Å²) in [6, 6.07) is 0. The van der Waals surface area contributed by atoms with E-state index in [1.54, 1.807) is 11.3 Å². The van der Waals surface area contributed by atoms with E-state index in [1.165, 1.54) is 13.5 Å². The number of hydrogen-bond donors (Lipinski definition) is 1. The van der Waals surface area contributed by atoms with Gasteiger partial charge in [-0.25, -0.2) is 4.79 Å². The first-order chi connectivity index (χ1) is 10.5. The smallest absolute Gasteiger partial charge is 0.341 e. The van der Waals surface area contributed by atoms with Gasteiger partial charge < -0.3 is 15.0 Å². The summed E-state index contributed by atoms with van der Waals surface area (Å²) in [6.45, 7) is 8.29. The third kappa shape index (κ3) is 3.60. The average Bonchev–Trinajstić information content (AvgIpc) is 2.81. The Labute approximate surface area is 141 Å². The molecule has 0 spiro atoms. The van der Waals surface area contributed by atoms with Crippen molar-refractivity contribution in [2.75, 3.05) is 25.5 Å². The summed E-state index contributed by atoms with van der Waals surface area (Å²) in [5.74, 6) is 0.364. The number of ether oxygens (including phenoxy) is 1. The molecule has 122 valence electrons. The van der Waals surface area contributed by atoms with Crippen LogP contribution in [0, 0.1) is 12.8 Å². The number of aryl methyl sites for hydroxylation is 1. The second-order valence-corrected chi connectivity index (χ2v) is 7.42. The van der Waals surface area contributed by atoms with Crippen molar-refractivity contribution >= 4 is 39.6 Å². The molecule has 1 aromatic rings. The van der Waals surface area contributed by atoms with E-state index < -0.39 is 0 Å². The van der Waals surface area contributed by atoms with Crippen molar-refractivity contribution in [3.05, 3.63) is 16.0 Å². The quantitative estimate of drug-likeness (QED) is 0.669. The third-order valence-corrected chi connectivity index (χ3v) is 5.54. The van der Waals surface area contributed by atoms with Gasteiger partial charge in [-0.2, -0.15) is 0 Å². The average molecular weight is 341 g/mol. The molecule has 1 saturated heterocycles. The minimum Gasteiger partial charge on any atom is -0.465 e. The summed E-state index contributed by atoms with van der Waals surface area (Å²) in [6.07, 6.45) is 3.23. The Morgan fingerprint density at radius 2 is 2.27 bits per heavy atom. The molecule has 1 fully saturated rings. The molecule has 0 radical (unpaired) electrons. The van der Waals surface area contributed by atoms with E-state index in [4.69, 9.17) is 17.0 Å². The highest BCUT2D eigenvalue weighted by atomic mass is 32.1. The zero-order valence-electron chi connectivity index (χ0n) is 13.7.